The highest BCUT2D eigenvalue weighted by molar-refractivity contribution is 6.04. The van der Waals surface area contributed by atoms with Gasteiger partial charge in [-0.25, -0.2) is 0 Å². The van der Waals surface area contributed by atoms with Crippen LogP contribution in [0.15, 0.2) is 40.9 Å². The molecule has 1 heterocycles. The zero-order valence-electron chi connectivity index (χ0n) is 11.5. The first-order chi connectivity index (χ1) is 9.76. The van der Waals surface area contributed by atoms with E-state index in [1.807, 2.05) is 37.3 Å². The molecular formula is C15H18N2O3. The number of hydrogen-bond donors (Lipinski definition) is 1. The maximum Gasteiger partial charge on any atom is 0.280 e. The van der Waals surface area contributed by atoms with Crippen molar-refractivity contribution in [1.82, 2.24) is 5.16 Å². The highest BCUT2D eigenvalue weighted by Crippen LogP contribution is 2.17. The van der Waals surface area contributed by atoms with Crippen molar-refractivity contribution < 1.29 is 14.4 Å². The van der Waals surface area contributed by atoms with Gasteiger partial charge in [0.2, 0.25) is 0 Å². The van der Waals surface area contributed by atoms with Crippen LogP contribution in [0.25, 0.3) is 0 Å². The number of aromatic nitrogens is 1. The predicted octanol–water partition coefficient (Wildman–Crippen LogP) is 2.27. The van der Waals surface area contributed by atoms with E-state index in [4.69, 9.17) is 9.63 Å². The molecule has 0 bridgehead atoms. The SMILES string of the molecule is CCCc1cc(C(=O)N(CCO)c2ccccc2)no1. The van der Waals surface area contributed by atoms with Gasteiger partial charge in [-0.15, -0.1) is 0 Å². The summed E-state index contributed by atoms with van der Waals surface area (Å²) in [7, 11) is 0. The van der Waals surface area contributed by atoms with Crippen molar-refractivity contribution >= 4 is 11.6 Å². The standard InChI is InChI=1S/C15H18N2O3/c1-2-6-13-11-14(16-20-13)15(19)17(9-10-18)12-7-4-3-5-8-12/h3-5,7-8,11,18H,2,6,9-10H2,1H3. The molecule has 0 fully saturated rings. The fraction of sp³-hybridized carbons (Fsp3) is 0.333. The molecule has 0 aliphatic heterocycles. The Balaban J connectivity index is 2.22. The topological polar surface area (TPSA) is 66.6 Å². The molecule has 1 aromatic heterocycles. The smallest absolute Gasteiger partial charge is 0.280 e. The Morgan fingerprint density at radius 2 is 2.10 bits per heavy atom. The Kier molecular flexibility index (Phi) is 4.90. The van der Waals surface area contributed by atoms with E-state index >= 15 is 0 Å². The van der Waals surface area contributed by atoms with Gasteiger partial charge in [-0.3, -0.25) is 4.79 Å². The molecule has 0 saturated heterocycles. The molecule has 0 atom stereocenters. The summed E-state index contributed by atoms with van der Waals surface area (Å²) in [5.41, 5.74) is 0.998. The summed E-state index contributed by atoms with van der Waals surface area (Å²) in [4.78, 5) is 13.9. The van der Waals surface area contributed by atoms with Gasteiger partial charge >= 0.3 is 0 Å². The minimum Gasteiger partial charge on any atom is -0.395 e. The van der Waals surface area contributed by atoms with Crippen molar-refractivity contribution in [2.75, 3.05) is 18.1 Å². The van der Waals surface area contributed by atoms with E-state index in [2.05, 4.69) is 5.16 Å². The van der Waals surface area contributed by atoms with Crippen molar-refractivity contribution in [3.63, 3.8) is 0 Å². The predicted molar refractivity (Wildman–Crippen MR) is 75.7 cm³/mol. The Morgan fingerprint density at radius 1 is 1.35 bits per heavy atom. The lowest BCUT2D eigenvalue weighted by Crippen LogP contribution is -2.33. The van der Waals surface area contributed by atoms with E-state index in [0.717, 1.165) is 18.5 Å². The van der Waals surface area contributed by atoms with Gasteiger partial charge in [0.25, 0.3) is 5.91 Å². The molecule has 20 heavy (non-hydrogen) atoms. The number of benzene rings is 1. The third-order valence-corrected chi connectivity index (χ3v) is 2.91. The normalized spacial score (nSPS) is 10.5. The molecule has 5 nitrogen and oxygen atoms in total. The number of hydrogen-bond acceptors (Lipinski definition) is 4. The maximum absolute atomic E-state index is 12.4. The van der Waals surface area contributed by atoms with Gasteiger partial charge in [0.1, 0.15) is 5.76 Å². The van der Waals surface area contributed by atoms with Gasteiger partial charge in [0.05, 0.1) is 6.61 Å². The minimum absolute atomic E-state index is 0.111. The van der Waals surface area contributed by atoms with Crippen molar-refractivity contribution in [2.24, 2.45) is 0 Å². The minimum atomic E-state index is -0.267. The second-order valence-electron chi connectivity index (χ2n) is 4.44. The van der Waals surface area contributed by atoms with E-state index in [1.165, 1.54) is 4.90 Å². The molecule has 0 aliphatic rings. The molecule has 0 saturated carbocycles. The Hall–Kier alpha value is -2.14. The summed E-state index contributed by atoms with van der Waals surface area (Å²) < 4.78 is 5.13. The number of carbonyl (C=O) groups excluding carboxylic acids is 1. The summed E-state index contributed by atoms with van der Waals surface area (Å²) in [6.45, 7) is 2.14. The number of para-hydroxylation sites is 1. The highest BCUT2D eigenvalue weighted by Gasteiger charge is 2.20. The molecule has 0 radical (unpaired) electrons. The summed E-state index contributed by atoms with van der Waals surface area (Å²) in [5, 5.41) is 13.0. The Labute approximate surface area is 117 Å². The zero-order valence-corrected chi connectivity index (χ0v) is 11.5. The molecule has 0 aliphatic carbocycles. The number of anilines is 1. The lowest BCUT2D eigenvalue weighted by atomic mass is 10.2. The van der Waals surface area contributed by atoms with Crippen molar-refractivity contribution in [3.8, 4) is 0 Å². The number of rotatable bonds is 6. The van der Waals surface area contributed by atoms with E-state index < -0.39 is 0 Å². The monoisotopic (exact) mass is 274 g/mol. The number of nitrogens with zero attached hydrogens (tertiary/aromatic N) is 2. The fourth-order valence-electron chi connectivity index (χ4n) is 1.97. The van der Waals surface area contributed by atoms with Crippen LogP contribution >= 0.6 is 0 Å². The number of carbonyl (C=O) groups is 1. The summed E-state index contributed by atoms with van der Waals surface area (Å²) >= 11 is 0. The van der Waals surface area contributed by atoms with E-state index in [0.29, 0.717) is 5.76 Å². The van der Waals surface area contributed by atoms with Crippen LogP contribution in [0, 0.1) is 0 Å². The number of aliphatic hydroxyl groups excluding tert-OH is 1. The molecule has 5 heteroatoms. The maximum atomic E-state index is 12.4. The number of aryl methyl sites for hydroxylation is 1. The van der Waals surface area contributed by atoms with Crippen LogP contribution in [0.5, 0.6) is 0 Å². The quantitative estimate of drug-likeness (QED) is 0.877. The van der Waals surface area contributed by atoms with Crippen LogP contribution in [0.1, 0.15) is 29.6 Å². The summed E-state index contributed by atoms with van der Waals surface area (Å²) in [5.74, 6) is 0.434. The van der Waals surface area contributed by atoms with Crippen LogP contribution in [-0.4, -0.2) is 29.3 Å². The van der Waals surface area contributed by atoms with E-state index in [1.54, 1.807) is 6.07 Å². The average Bonchev–Trinajstić information content (AvgIpc) is 2.94. The molecule has 2 rings (SSSR count). The second kappa shape index (κ2) is 6.86. The van der Waals surface area contributed by atoms with Crippen molar-refractivity contribution in [1.29, 1.82) is 0 Å². The van der Waals surface area contributed by atoms with Crippen LogP contribution in [-0.2, 0) is 6.42 Å². The Morgan fingerprint density at radius 3 is 2.75 bits per heavy atom. The first-order valence-corrected chi connectivity index (χ1v) is 6.69. The van der Waals surface area contributed by atoms with Crippen molar-refractivity contribution in [2.45, 2.75) is 19.8 Å². The third-order valence-electron chi connectivity index (χ3n) is 2.91. The van der Waals surface area contributed by atoms with Gasteiger partial charge in [0, 0.05) is 24.7 Å². The average molecular weight is 274 g/mol. The van der Waals surface area contributed by atoms with Gasteiger partial charge in [-0.1, -0.05) is 30.3 Å². The van der Waals surface area contributed by atoms with Gasteiger partial charge in [-0.05, 0) is 18.6 Å². The van der Waals surface area contributed by atoms with Crippen LogP contribution in [0.3, 0.4) is 0 Å². The second-order valence-corrected chi connectivity index (χ2v) is 4.44. The van der Waals surface area contributed by atoms with Crippen LogP contribution in [0.4, 0.5) is 5.69 Å². The number of aliphatic hydroxyl groups is 1. The summed E-state index contributed by atoms with van der Waals surface area (Å²) in [6, 6.07) is 10.9. The van der Waals surface area contributed by atoms with Crippen LogP contribution < -0.4 is 4.90 Å². The third kappa shape index (κ3) is 3.24. The summed E-state index contributed by atoms with van der Waals surface area (Å²) in [6.07, 6.45) is 1.69. The molecule has 0 spiro atoms. The number of amides is 1. The van der Waals surface area contributed by atoms with Crippen molar-refractivity contribution in [3.05, 3.63) is 47.9 Å². The first kappa shape index (κ1) is 14.3. The lowest BCUT2D eigenvalue weighted by molar-refractivity contribution is 0.0972. The molecule has 106 valence electrons. The molecule has 1 aromatic carbocycles. The fourth-order valence-corrected chi connectivity index (χ4v) is 1.97. The molecule has 2 aromatic rings. The first-order valence-electron chi connectivity index (χ1n) is 6.69. The van der Waals surface area contributed by atoms with E-state index in [9.17, 15) is 4.79 Å². The Bertz CT molecular complexity index is 551. The largest absolute Gasteiger partial charge is 0.395 e. The molecule has 0 unspecified atom stereocenters. The van der Waals surface area contributed by atoms with E-state index in [-0.39, 0.29) is 24.8 Å². The van der Waals surface area contributed by atoms with Gasteiger partial charge < -0.3 is 14.5 Å². The molecule has 1 amide bonds. The lowest BCUT2D eigenvalue weighted by Gasteiger charge is -2.20. The van der Waals surface area contributed by atoms with Gasteiger partial charge in [0.15, 0.2) is 5.69 Å². The van der Waals surface area contributed by atoms with Gasteiger partial charge in [-0.2, -0.15) is 0 Å². The highest BCUT2D eigenvalue weighted by atomic mass is 16.5. The molecular weight excluding hydrogens is 256 g/mol. The zero-order chi connectivity index (χ0) is 14.4. The molecule has 1 N–H and O–H groups in total. The van der Waals surface area contributed by atoms with Crippen LogP contribution in [0.2, 0.25) is 0 Å².